The van der Waals surface area contributed by atoms with Crippen LogP contribution in [0.25, 0.3) is 0 Å². The standard InChI is InChI=1S/C12H15NO2/c1-2-12(15)13-9-11-5-3-10(4-6-11)7-8-14/h2-6,14H,1,7-9H2,(H,13,15). The van der Waals surface area contributed by atoms with Crippen LogP contribution in [0, 0.1) is 0 Å². The summed E-state index contributed by atoms with van der Waals surface area (Å²) < 4.78 is 0. The number of carbonyl (C=O) groups excluding carboxylic acids is 1. The summed E-state index contributed by atoms with van der Waals surface area (Å²) in [5.41, 5.74) is 2.13. The molecule has 0 unspecified atom stereocenters. The van der Waals surface area contributed by atoms with E-state index in [9.17, 15) is 4.79 Å². The van der Waals surface area contributed by atoms with Gasteiger partial charge in [-0.1, -0.05) is 30.8 Å². The number of rotatable bonds is 5. The van der Waals surface area contributed by atoms with Crippen molar-refractivity contribution in [1.29, 1.82) is 0 Å². The molecular weight excluding hydrogens is 190 g/mol. The van der Waals surface area contributed by atoms with Gasteiger partial charge < -0.3 is 10.4 Å². The van der Waals surface area contributed by atoms with Gasteiger partial charge in [0, 0.05) is 13.2 Å². The average molecular weight is 205 g/mol. The van der Waals surface area contributed by atoms with Gasteiger partial charge in [-0.2, -0.15) is 0 Å². The van der Waals surface area contributed by atoms with E-state index in [-0.39, 0.29) is 12.5 Å². The van der Waals surface area contributed by atoms with Crippen molar-refractivity contribution in [2.45, 2.75) is 13.0 Å². The summed E-state index contributed by atoms with van der Waals surface area (Å²) in [6.07, 6.45) is 1.92. The van der Waals surface area contributed by atoms with Crippen molar-refractivity contribution < 1.29 is 9.90 Å². The third-order valence-corrected chi connectivity index (χ3v) is 2.08. The van der Waals surface area contributed by atoms with Crippen LogP contribution in [0.2, 0.25) is 0 Å². The van der Waals surface area contributed by atoms with Gasteiger partial charge in [0.1, 0.15) is 0 Å². The van der Waals surface area contributed by atoms with Gasteiger partial charge in [-0.15, -0.1) is 0 Å². The van der Waals surface area contributed by atoms with Crippen molar-refractivity contribution >= 4 is 5.91 Å². The van der Waals surface area contributed by atoms with Crippen LogP contribution in [0.5, 0.6) is 0 Å². The normalized spacial score (nSPS) is 9.67. The predicted octanol–water partition coefficient (Wildman–Crippen LogP) is 1.02. The van der Waals surface area contributed by atoms with Crippen LogP contribution in [0.3, 0.4) is 0 Å². The minimum absolute atomic E-state index is 0.159. The van der Waals surface area contributed by atoms with Gasteiger partial charge in [-0.05, 0) is 23.6 Å². The summed E-state index contributed by atoms with van der Waals surface area (Å²) in [5.74, 6) is -0.172. The molecule has 0 atom stereocenters. The first-order valence-electron chi connectivity index (χ1n) is 4.85. The third-order valence-electron chi connectivity index (χ3n) is 2.08. The molecule has 0 saturated heterocycles. The minimum Gasteiger partial charge on any atom is -0.396 e. The molecule has 0 aliphatic carbocycles. The second-order valence-electron chi connectivity index (χ2n) is 3.21. The molecular formula is C12H15NO2. The maximum absolute atomic E-state index is 10.9. The first kappa shape index (κ1) is 11.5. The molecule has 1 aromatic rings. The van der Waals surface area contributed by atoms with Crippen LogP contribution in [0.1, 0.15) is 11.1 Å². The van der Waals surface area contributed by atoms with Crippen molar-refractivity contribution in [2.24, 2.45) is 0 Å². The Morgan fingerprint density at radius 2 is 1.93 bits per heavy atom. The van der Waals surface area contributed by atoms with Crippen LogP contribution in [-0.2, 0) is 17.8 Å². The Hall–Kier alpha value is -1.61. The molecule has 0 aliphatic heterocycles. The molecule has 2 N–H and O–H groups in total. The Balaban J connectivity index is 2.49. The topological polar surface area (TPSA) is 49.3 Å². The molecule has 0 aliphatic rings. The Bertz CT molecular complexity index is 330. The number of hydrogen-bond acceptors (Lipinski definition) is 2. The molecule has 3 heteroatoms. The lowest BCUT2D eigenvalue weighted by Crippen LogP contribution is -2.19. The number of aliphatic hydroxyl groups is 1. The number of nitrogens with one attached hydrogen (secondary N) is 1. The smallest absolute Gasteiger partial charge is 0.243 e. The van der Waals surface area contributed by atoms with Crippen LogP contribution >= 0.6 is 0 Å². The van der Waals surface area contributed by atoms with Crippen molar-refractivity contribution in [1.82, 2.24) is 5.32 Å². The zero-order valence-corrected chi connectivity index (χ0v) is 8.57. The highest BCUT2D eigenvalue weighted by molar-refractivity contribution is 5.86. The van der Waals surface area contributed by atoms with Crippen molar-refractivity contribution in [3.05, 3.63) is 48.0 Å². The summed E-state index contributed by atoms with van der Waals surface area (Å²) in [6, 6.07) is 7.78. The zero-order valence-electron chi connectivity index (χ0n) is 8.57. The van der Waals surface area contributed by atoms with E-state index in [0.29, 0.717) is 13.0 Å². The Morgan fingerprint density at radius 1 is 1.33 bits per heavy atom. The van der Waals surface area contributed by atoms with E-state index in [1.54, 1.807) is 0 Å². The first-order chi connectivity index (χ1) is 7.26. The van der Waals surface area contributed by atoms with Gasteiger partial charge in [0.2, 0.25) is 5.91 Å². The molecule has 0 fully saturated rings. The molecule has 0 aromatic heterocycles. The van der Waals surface area contributed by atoms with Crippen LogP contribution in [0.4, 0.5) is 0 Å². The third kappa shape index (κ3) is 3.95. The first-order valence-corrected chi connectivity index (χ1v) is 4.85. The summed E-state index contributed by atoms with van der Waals surface area (Å²) in [4.78, 5) is 10.9. The molecule has 1 rings (SSSR count). The second-order valence-corrected chi connectivity index (χ2v) is 3.21. The van der Waals surface area contributed by atoms with Gasteiger partial charge in [0.15, 0.2) is 0 Å². The molecule has 3 nitrogen and oxygen atoms in total. The molecule has 0 heterocycles. The van der Waals surface area contributed by atoms with E-state index in [1.807, 2.05) is 24.3 Å². The highest BCUT2D eigenvalue weighted by Crippen LogP contribution is 2.04. The van der Waals surface area contributed by atoms with Crippen molar-refractivity contribution in [3.8, 4) is 0 Å². The Labute approximate surface area is 89.4 Å². The number of amides is 1. The fourth-order valence-corrected chi connectivity index (χ4v) is 1.21. The fraction of sp³-hybridized carbons (Fsp3) is 0.250. The van der Waals surface area contributed by atoms with E-state index in [1.165, 1.54) is 6.08 Å². The molecule has 80 valence electrons. The molecule has 15 heavy (non-hydrogen) atoms. The van der Waals surface area contributed by atoms with E-state index in [4.69, 9.17) is 5.11 Å². The number of aliphatic hydroxyl groups excluding tert-OH is 1. The van der Waals surface area contributed by atoms with Gasteiger partial charge >= 0.3 is 0 Å². The van der Waals surface area contributed by atoms with Crippen molar-refractivity contribution in [3.63, 3.8) is 0 Å². The molecule has 0 radical (unpaired) electrons. The highest BCUT2D eigenvalue weighted by atomic mass is 16.2. The van der Waals surface area contributed by atoms with E-state index < -0.39 is 0 Å². The summed E-state index contributed by atoms with van der Waals surface area (Å²) >= 11 is 0. The molecule has 1 aromatic carbocycles. The molecule has 0 saturated carbocycles. The molecule has 0 bridgehead atoms. The van der Waals surface area contributed by atoms with Crippen LogP contribution < -0.4 is 5.32 Å². The highest BCUT2D eigenvalue weighted by Gasteiger charge is 1.96. The summed E-state index contributed by atoms with van der Waals surface area (Å²) in [5, 5.41) is 11.4. The van der Waals surface area contributed by atoms with E-state index in [2.05, 4.69) is 11.9 Å². The largest absolute Gasteiger partial charge is 0.396 e. The minimum atomic E-state index is -0.172. The van der Waals surface area contributed by atoms with Crippen molar-refractivity contribution in [2.75, 3.05) is 6.61 Å². The van der Waals surface area contributed by atoms with Gasteiger partial charge in [-0.25, -0.2) is 0 Å². The van der Waals surface area contributed by atoms with Gasteiger partial charge in [0.25, 0.3) is 0 Å². The number of hydrogen-bond donors (Lipinski definition) is 2. The summed E-state index contributed by atoms with van der Waals surface area (Å²) in [7, 11) is 0. The lowest BCUT2D eigenvalue weighted by molar-refractivity contribution is -0.116. The maximum atomic E-state index is 10.9. The molecule has 0 spiro atoms. The van der Waals surface area contributed by atoms with Gasteiger partial charge in [-0.3, -0.25) is 4.79 Å². The van der Waals surface area contributed by atoms with E-state index >= 15 is 0 Å². The van der Waals surface area contributed by atoms with Gasteiger partial charge in [0.05, 0.1) is 0 Å². The average Bonchev–Trinajstić information content (AvgIpc) is 2.28. The number of benzene rings is 1. The maximum Gasteiger partial charge on any atom is 0.243 e. The molecule has 1 amide bonds. The number of carbonyl (C=O) groups is 1. The predicted molar refractivity (Wildman–Crippen MR) is 59.3 cm³/mol. The Kier molecular flexibility index (Phi) is 4.57. The zero-order chi connectivity index (χ0) is 11.1. The van der Waals surface area contributed by atoms with E-state index in [0.717, 1.165) is 11.1 Å². The van der Waals surface area contributed by atoms with Crippen LogP contribution in [0.15, 0.2) is 36.9 Å². The lowest BCUT2D eigenvalue weighted by Gasteiger charge is -2.03. The summed E-state index contributed by atoms with van der Waals surface area (Å²) in [6.45, 7) is 4.04. The second kappa shape index (κ2) is 5.98. The lowest BCUT2D eigenvalue weighted by atomic mass is 10.1. The van der Waals surface area contributed by atoms with Crippen LogP contribution in [-0.4, -0.2) is 17.6 Å². The quantitative estimate of drug-likeness (QED) is 0.705. The monoisotopic (exact) mass is 205 g/mol. The Morgan fingerprint density at radius 3 is 2.47 bits per heavy atom. The SMILES string of the molecule is C=CC(=O)NCc1ccc(CCO)cc1. The fourth-order valence-electron chi connectivity index (χ4n) is 1.21.